The van der Waals surface area contributed by atoms with Crippen molar-refractivity contribution in [2.45, 2.75) is 39.7 Å². The van der Waals surface area contributed by atoms with Gasteiger partial charge in [0.15, 0.2) is 0 Å². The number of carbonyl (C=O) groups is 1. The number of ether oxygens (including phenoxy) is 1. The van der Waals surface area contributed by atoms with Gasteiger partial charge in [0.2, 0.25) is 0 Å². The Morgan fingerprint density at radius 3 is 2.76 bits per heavy atom. The number of hydrogen-bond acceptors (Lipinski definition) is 3. The summed E-state index contributed by atoms with van der Waals surface area (Å²) in [5.41, 5.74) is -0.177. The molecule has 2 atom stereocenters. The number of cyclic esters (lactones) is 1. The Bertz CT molecular complexity index is 305. The largest absolute Gasteiger partial charge is 0.441 e. The van der Waals surface area contributed by atoms with Gasteiger partial charge in [-0.15, -0.1) is 0 Å². The van der Waals surface area contributed by atoms with Crippen molar-refractivity contribution in [2.24, 2.45) is 11.3 Å². The maximum atomic E-state index is 11.9. The molecule has 0 radical (unpaired) electrons. The van der Waals surface area contributed by atoms with E-state index in [2.05, 4.69) is 33.0 Å². The van der Waals surface area contributed by atoms with E-state index >= 15 is 0 Å². The van der Waals surface area contributed by atoms with Crippen LogP contribution in [-0.4, -0.2) is 42.8 Å². The first-order chi connectivity index (χ1) is 7.80. The maximum absolute atomic E-state index is 11.9. The number of hydrogen-bond donors (Lipinski definition) is 1. The molecular formula is C13H24N2O2. The van der Waals surface area contributed by atoms with Crippen LogP contribution < -0.4 is 5.32 Å². The summed E-state index contributed by atoms with van der Waals surface area (Å²) >= 11 is 0. The SMILES string of the molecule is CC(C)(C)CN1CC(C)(C2CCNC2)OC1=O. The molecule has 0 aromatic heterocycles. The first-order valence-electron chi connectivity index (χ1n) is 6.49. The topological polar surface area (TPSA) is 41.6 Å². The maximum Gasteiger partial charge on any atom is 0.410 e. The van der Waals surface area contributed by atoms with Crippen molar-refractivity contribution in [1.82, 2.24) is 10.2 Å². The summed E-state index contributed by atoms with van der Waals surface area (Å²) in [6.45, 7) is 12.0. The molecule has 0 aromatic rings. The van der Waals surface area contributed by atoms with Gasteiger partial charge in [-0.3, -0.25) is 0 Å². The molecule has 0 aromatic carbocycles. The molecule has 2 rings (SSSR count). The highest BCUT2D eigenvalue weighted by Crippen LogP contribution is 2.34. The zero-order chi connectivity index (χ0) is 12.7. The summed E-state index contributed by atoms with van der Waals surface area (Å²) in [6.07, 6.45) is 0.960. The van der Waals surface area contributed by atoms with Crippen LogP contribution in [0.15, 0.2) is 0 Å². The molecule has 4 nitrogen and oxygen atoms in total. The second-order valence-electron chi connectivity index (χ2n) is 6.79. The van der Waals surface area contributed by atoms with Crippen LogP contribution in [0, 0.1) is 11.3 Å². The van der Waals surface area contributed by atoms with E-state index in [0.29, 0.717) is 5.92 Å². The predicted molar refractivity (Wildman–Crippen MR) is 66.9 cm³/mol. The molecule has 2 unspecified atom stereocenters. The lowest BCUT2D eigenvalue weighted by Crippen LogP contribution is -2.41. The zero-order valence-corrected chi connectivity index (χ0v) is 11.4. The first kappa shape index (κ1) is 12.7. The van der Waals surface area contributed by atoms with Gasteiger partial charge in [0, 0.05) is 19.0 Å². The summed E-state index contributed by atoms with van der Waals surface area (Å²) in [6, 6.07) is 0. The quantitative estimate of drug-likeness (QED) is 0.801. The van der Waals surface area contributed by atoms with E-state index in [4.69, 9.17) is 4.74 Å². The van der Waals surface area contributed by atoms with Crippen molar-refractivity contribution in [2.75, 3.05) is 26.2 Å². The van der Waals surface area contributed by atoms with Gasteiger partial charge in [-0.25, -0.2) is 4.79 Å². The Morgan fingerprint density at radius 1 is 1.53 bits per heavy atom. The molecule has 2 heterocycles. The highest BCUT2D eigenvalue weighted by Gasteiger charge is 2.48. The Morgan fingerprint density at radius 2 is 2.24 bits per heavy atom. The van der Waals surface area contributed by atoms with E-state index in [0.717, 1.165) is 32.6 Å². The van der Waals surface area contributed by atoms with E-state index in [9.17, 15) is 4.79 Å². The number of rotatable bonds is 2. The average Bonchev–Trinajstić information content (AvgIpc) is 2.73. The Hall–Kier alpha value is -0.770. The van der Waals surface area contributed by atoms with E-state index in [1.807, 2.05) is 4.90 Å². The molecule has 0 saturated carbocycles. The molecule has 2 fully saturated rings. The van der Waals surface area contributed by atoms with Crippen molar-refractivity contribution in [3.63, 3.8) is 0 Å². The molecule has 2 saturated heterocycles. The van der Waals surface area contributed by atoms with Gasteiger partial charge in [0.1, 0.15) is 5.60 Å². The molecule has 1 amide bonds. The lowest BCUT2D eigenvalue weighted by Gasteiger charge is -2.29. The van der Waals surface area contributed by atoms with Crippen LogP contribution in [0.3, 0.4) is 0 Å². The van der Waals surface area contributed by atoms with E-state index in [1.165, 1.54) is 0 Å². The molecule has 1 N–H and O–H groups in total. The summed E-state index contributed by atoms with van der Waals surface area (Å²) in [4.78, 5) is 13.8. The molecule has 2 aliphatic rings. The smallest absolute Gasteiger partial charge is 0.410 e. The van der Waals surface area contributed by atoms with Gasteiger partial charge in [-0.1, -0.05) is 20.8 Å². The van der Waals surface area contributed by atoms with Crippen LogP contribution in [0.4, 0.5) is 4.79 Å². The standard InChI is InChI=1S/C13H24N2O2/c1-12(2,3)8-15-9-13(4,17-11(15)16)10-5-6-14-7-10/h10,14H,5-9H2,1-4H3. The zero-order valence-electron chi connectivity index (χ0n) is 11.4. The van der Waals surface area contributed by atoms with Crippen LogP contribution in [0.5, 0.6) is 0 Å². The van der Waals surface area contributed by atoms with Gasteiger partial charge in [-0.2, -0.15) is 0 Å². The van der Waals surface area contributed by atoms with Crippen molar-refractivity contribution in [1.29, 1.82) is 0 Å². The molecule has 0 spiro atoms. The van der Waals surface area contributed by atoms with Crippen molar-refractivity contribution in [3.8, 4) is 0 Å². The molecule has 0 aliphatic carbocycles. The minimum atomic E-state index is -0.300. The lowest BCUT2D eigenvalue weighted by molar-refractivity contribution is 0.0287. The number of nitrogens with one attached hydrogen (secondary N) is 1. The number of amides is 1. The summed E-state index contributed by atoms with van der Waals surface area (Å²) < 4.78 is 5.64. The monoisotopic (exact) mass is 240 g/mol. The fourth-order valence-corrected chi connectivity index (χ4v) is 2.82. The normalized spacial score (nSPS) is 34.2. The molecule has 98 valence electrons. The van der Waals surface area contributed by atoms with Crippen LogP contribution in [-0.2, 0) is 4.74 Å². The van der Waals surface area contributed by atoms with Gasteiger partial charge in [-0.05, 0) is 25.3 Å². The van der Waals surface area contributed by atoms with E-state index in [1.54, 1.807) is 0 Å². The average molecular weight is 240 g/mol. The van der Waals surface area contributed by atoms with Crippen molar-refractivity contribution >= 4 is 6.09 Å². The van der Waals surface area contributed by atoms with Gasteiger partial charge in [0.05, 0.1) is 6.54 Å². The Balaban J connectivity index is 2.02. The fraction of sp³-hybridized carbons (Fsp3) is 0.923. The summed E-state index contributed by atoms with van der Waals surface area (Å²) in [5, 5.41) is 3.34. The van der Waals surface area contributed by atoms with Gasteiger partial charge >= 0.3 is 6.09 Å². The number of carbonyl (C=O) groups excluding carboxylic acids is 1. The minimum absolute atomic E-state index is 0.123. The van der Waals surface area contributed by atoms with Gasteiger partial charge < -0.3 is 15.0 Å². The van der Waals surface area contributed by atoms with Crippen LogP contribution in [0.25, 0.3) is 0 Å². The molecule has 0 bridgehead atoms. The van der Waals surface area contributed by atoms with Gasteiger partial charge in [0.25, 0.3) is 0 Å². The predicted octanol–water partition coefficient (Wildman–Crippen LogP) is 1.85. The lowest BCUT2D eigenvalue weighted by atomic mass is 9.88. The van der Waals surface area contributed by atoms with Crippen molar-refractivity contribution < 1.29 is 9.53 Å². The third-order valence-corrected chi connectivity index (χ3v) is 3.67. The second-order valence-corrected chi connectivity index (χ2v) is 6.79. The first-order valence-corrected chi connectivity index (χ1v) is 6.49. The highest BCUT2D eigenvalue weighted by atomic mass is 16.6. The number of nitrogens with zero attached hydrogens (tertiary/aromatic N) is 1. The molecule has 2 aliphatic heterocycles. The third-order valence-electron chi connectivity index (χ3n) is 3.67. The van der Waals surface area contributed by atoms with Crippen molar-refractivity contribution in [3.05, 3.63) is 0 Å². The summed E-state index contributed by atoms with van der Waals surface area (Å²) in [5.74, 6) is 0.455. The highest BCUT2D eigenvalue weighted by molar-refractivity contribution is 5.70. The summed E-state index contributed by atoms with van der Waals surface area (Å²) in [7, 11) is 0. The second kappa shape index (κ2) is 4.16. The molecular weight excluding hydrogens is 216 g/mol. The Kier molecular flexibility index (Phi) is 3.10. The van der Waals surface area contributed by atoms with Crippen LogP contribution in [0.1, 0.15) is 34.1 Å². The van der Waals surface area contributed by atoms with Crippen LogP contribution >= 0.6 is 0 Å². The Labute approximate surface area is 104 Å². The fourth-order valence-electron chi connectivity index (χ4n) is 2.82. The van der Waals surface area contributed by atoms with Crippen LogP contribution in [0.2, 0.25) is 0 Å². The minimum Gasteiger partial charge on any atom is -0.441 e. The van der Waals surface area contributed by atoms with E-state index < -0.39 is 0 Å². The molecule has 4 heteroatoms. The molecule has 17 heavy (non-hydrogen) atoms. The van der Waals surface area contributed by atoms with E-state index in [-0.39, 0.29) is 17.1 Å². The third kappa shape index (κ3) is 2.73.